The fraction of sp³-hybridized carbons (Fsp3) is 0.379. The number of allylic oxidation sites excluding steroid dienone is 1. The number of para-hydroxylation sites is 2. The standard InChI is InChI=1S/C29H35FN6O2S/c1-4-14-35-15-17-36(18-16-35)26-13-12-21(19-23(26)30)20-28-31-24-10-7-8-22(24)29(33-28)32-25-9-5-6-11-27(25)34(2)39(3,37)38/h5-9,11-13,19H,4,10,14-18,20H2,1-3H3,(H,31,32,33). The Morgan fingerprint density at radius 2 is 1.85 bits per heavy atom. The molecule has 0 radical (unpaired) electrons. The highest BCUT2D eigenvalue weighted by Gasteiger charge is 2.21. The highest BCUT2D eigenvalue weighted by atomic mass is 32.2. The average molecular weight is 551 g/mol. The number of piperazine rings is 1. The van der Waals surface area contributed by atoms with Crippen molar-refractivity contribution in [3.05, 3.63) is 77.0 Å². The average Bonchev–Trinajstić information content (AvgIpc) is 3.38. The molecule has 1 N–H and O–H groups in total. The van der Waals surface area contributed by atoms with Crippen LogP contribution in [0.15, 0.2) is 48.5 Å². The van der Waals surface area contributed by atoms with E-state index in [-0.39, 0.29) is 5.82 Å². The van der Waals surface area contributed by atoms with Crippen LogP contribution in [0.2, 0.25) is 0 Å². The highest BCUT2D eigenvalue weighted by Crippen LogP contribution is 2.33. The predicted octanol–water partition coefficient (Wildman–Crippen LogP) is 4.45. The first-order valence-electron chi connectivity index (χ1n) is 13.3. The maximum absolute atomic E-state index is 15.2. The quantitative estimate of drug-likeness (QED) is 0.422. The van der Waals surface area contributed by atoms with Crippen LogP contribution >= 0.6 is 0 Å². The van der Waals surface area contributed by atoms with Crippen LogP contribution in [0.1, 0.15) is 36.0 Å². The third-order valence-electron chi connectivity index (χ3n) is 7.29. The Morgan fingerprint density at radius 3 is 2.56 bits per heavy atom. The maximum atomic E-state index is 15.2. The van der Waals surface area contributed by atoms with Gasteiger partial charge < -0.3 is 10.2 Å². The van der Waals surface area contributed by atoms with Crippen LogP contribution < -0.4 is 14.5 Å². The van der Waals surface area contributed by atoms with Crippen LogP contribution in [-0.2, 0) is 22.9 Å². The number of benzene rings is 2. The molecule has 10 heteroatoms. The smallest absolute Gasteiger partial charge is 0.232 e. The van der Waals surface area contributed by atoms with Gasteiger partial charge in [0.2, 0.25) is 10.0 Å². The first-order chi connectivity index (χ1) is 18.7. The van der Waals surface area contributed by atoms with Gasteiger partial charge in [0.05, 0.1) is 29.0 Å². The number of hydrogen-bond acceptors (Lipinski definition) is 7. The zero-order valence-electron chi connectivity index (χ0n) is 22.7. The van der Waals surface area contributed by atoms with Crippen molar-refractivity contribution in [1.82, 2.24) is 14.9 Å². The topological polar surface area (TPSA) is 81.7 Å². The van der Waals surface area contributed by atoms with E-state index in [1.54, 1.807) is 18.2 Å². The van der Waals surface area contributed by atoms with Gasteiger partial charge in [0, 0.05) is 51.6 Å². The number of aromatic nitrogens is 2. The van der Waals surface area contributed by atoms with E-state index >= 15 is 4.39 Å². The minimum absolute atomic E-state index is 0.227. The van der Waals surface area contributed by atoms with Crippen LogP contribution in [-0.4, -0.2) is 69.3 Å². The molecule has 0 amide bonds. The summed E-state index contributed by atoms with van der Waals surface area (Å²) in [4.78, 5) is 14.1. The summed E-state index contributed by atoms with van der Waals surface area (Å²) in [5.74, 6) is 0.949. The number of fused-ring (bicyclic) bond motifs is 1. The van der Waals surface area contributed by atoms with Crippen LogP contribution in [0.3, 0.4) is 0 Å². The van der Waals surface area contributed by atoms with Crippen molar-refractivity contribution >= 4 is 39.0 Å². The molecule has 0 bridgehead atoms. The van der Waals surface area contributed by atoms with Gasteiger partial charge in [0.25, 0.3) is 0 Å². The van der Waals surface area contributed by atoms with Crippen molar-refractivity contribution in [2.24, 2.45) is 0 Å². The molecule has 0 spiro atoms. The number of nitrogens with zero attached hydrogens (tertiary/aromatic N) is 5. The SMILES string of the molecule is CCCN1CCN(c2ccc(Cc3nc4c(c(Nc5ccccc5N(C)S(C)(=O)=O)n3)C=CC4)cc2F)CC1. The van der Waals surface area contributed by atoms with E-state index < -0.39 is 10.0 Å². The van der Waals surface area contributed by atoms with Gasteiger partial charge in [-0.25, -0.2) is 22.8 Å². The zero-order valence-corrected chi connectivity index (χ0v) is 23.5. The summed E-state index contributed by atoms with van der Waals surface area (Å²) in [6, 6.07) is 12.6. The van der Waals surface area contributed by atoms with E-state index in [0.29, 0.717) is 41.5 Å². The third-order valence-corrected chi connectivity index (χ3v) is 8.48. The van der Waals surface area contributed by atoms with Crippen LogP contribution in [0.5, 0.6) is 0 Å². The second kappa shape index (κ2) is 11.3. The Hall–Kier alpha value is -3.50. The lowest BCUT2D eigenvalue weighted by atomic mass is 10.1. The Balaban J connectivity index is 1.37. The molecular weight excluding hydrogens is 515 g/mol. The first kappa shape index (κ1) is 27.1. The van der Waals surface area contributed by atoms with Crippen molar-refractivity contribution in [2.45, 2.75) is 26.2 Å². The molecule has 0 saturated carbocycles. The molecular formula is C29H35FN6O2S. The maximum Gasteiger partial charge on any atom is 0.232 e. The van der Waals surface area contributed by atoms with Gasteiger partial charge in [-0.2, -0.15) is 0 Å². The van der Waals surface area contributed by atoms with Gasteiger partial charge in [0.15, 0.2) is 0 Å². The molecule has 39 heavy (non-hydrogen) atoms. The second-order valence-corrected chi connectivity index (χ2v) is 12.1. The van der Waals surface area contributed by atoms with E-state index in [4.69, 9.17) is 9.97 Å². The molecule has 0 atom stereocenters. The Morgan fingerprint density at radius 1 is 1.08 bits per heavy atom. The molecule has 2 heterocycles. The van der Waals surface area contributed by atoms with E-state index in [1.807, 2.05) is 36.4 Å². The van der Waals surface area contributed by atoms with Crippen molar-refractivity contribution in [3.8, 4) is 0 Å². The number of rotatable bonds is 9. The van der Waals surface area contributed by atoms with Crippen LogP contribution in [0.25, 0.3) is 6.08 Å². The molecule has 2 aromatic carbocycles. The van der Waals surface area contributed by atoms with Gasteiger partial charge in [0.1, 0.15) is 17.5 Å². The monoisotopic (exact) mass is 550 g/mol. The molecule has 5 rings (SSSR count). The van der Waals surface area contributed by atoms with E-state index in [1.165, 1.54) is 17.6 Å². The largest absolute Gasteiger partial charge is 0.367 e. The summed E-state index contributed by atoms with van der Waals surface area (Å²) in [6.07, 6.45) is 7.36. The van der Waals surface area contributed by atoms with Crippen molar-refractivity contribution in [3.63, 3.8) is 0 Å². The normalized spacial score (nSPS) is 15.4. The summed E-state index contributed by atoms with van der Waals surface area (Å²) >= 11 is 0. The van der Waals surface area contributed by atoms with E-state index in [2.05, 4.69) is 22.0 Å². The Labute approximate surface area is 230 Å². The number of halogens is 1. The lowest BCUT2D eigenvalue weighted by Crippen LogP contribution is -2.46. The fourth-order valence-electron chi connectivity index (χ4n) is 5.15. The van der Waals surface area contributed by atoms with Crippen LogP contribution in [0, 0.1) is 5.82 Å². The molecule has 1 aliphatic heterocycles. The number of hydrogen-bond donors (Lipinski definition) is 1. The molecule has 1 aromatic heterocycles. The summed E-state index contributed by atoms with van der Waals surface area (Å²) < 4.78 is 40.9. The third kappa shape index (κ3) is 6.07. The van der Waals surface area contributed by atoms with Gasteiger partial charge in [-0.3, -0.25) is 9.21 Å². The molecule has 2 aliphatic rings. The molecule has 8 nitrogen and oxygen atoms in total. The van der Waals surface area contributed by atoms with E-state index in [0.717, 1.165) is 56.0 Å². The molecule has 1 fully saturated rings. The Bertz CT molecular complexity index is 1490. The molecule has 1 aliphatic carbocycles. The highest BCUT2D eigenvalue weighted by molar-refractivity contribution is 7.92. The summed E-state index contributed by atoms with van der Waals surface area (Å²) in [5, 5.41) is 3.33. The molecule has 0 unspecified atom stereocenters. The van der Waals surface area contributed by atoms with Crippen LogP contribution in [0.4, 0.5) is 27.3 Å². The lowest BCUT2D eigenvalue weighted by molar-refractivity contribution is 0.258. The summed E-state index contributed by atoms with van der Waals surface area (Å²) in [6.45, 7) is 6.81. The molecule has 3 aromatic rings. The minimum Gasteiger partial charge on any atom is -0.367 e. The number of sulfonamides is 1. The second-order valence-electron chi connectivity index (χ2n) is 10.1. The Kier molecular flexibility index (Phi) is 7.86. The van der Waals surface area contributed by atoms with Crippen molar-refractivity contribution in [1.29, 1.82) is 0 Å². The fourth-order valence-corrected chi connectivity index (χ4v) is 5.67. The summed E-state index contributed by atoms with van der Waals surface area (Å²) in [5.41, 5.74) is 4.34. The molecule has 1 saturated heterocycles. The number of nitrogens with one attached hydrogen (secondary N) is 1. The predicted molar refractivity (Wildman–Crippen MR) is 156 cm³/mol. The van der Waals surface area contributed by atoms with Gasteiger partial charge in [-0.1, -0.05) is 37.3 Å². The van der Waals surface area contributed by atoms with Gasteiger partial charge in [-0.05, 0) is 42.8 Å². The minimum atomic E-state index is -3.45. The van der Waals surface area contributed by atoms with Crippen molar-refractivity contribution in [2.75, 3.05) is 60.5 Å². The van der Waals surface area contributed by atoms with Crippen molar-refractivity contribution < 1.29 is 12.8 Å². The van der Waals surface area contributed by atoms with Gasteiger partial charge in [-0.15, -0.1) is 0 Å². The zero-order chi connectivity index (χ0) is 27.6. The lowest BCUT2D eigenvalue weighted by Gasteiger charge is -2.36. The van der Waals surface area contributed by atoms with E-state index in [9.17, 15) is 8.42 Å². The van der Waals surface area contributed by atoms with Gasteiger partial charge >= 0.3 is 0 Å². The first-order valence-corrected chi connectivity index (χ1v) is 15.2. The molecule has 206 valence electrons. The number of anilines is 4. The summed E-state index contributed by atoms with van der Waals surface area (Å²) in [7, 11) is -1.92.